The summed E-state index contributed by atoms with van der Waals surface area (Å²) in [5.41, 5.74) is 1.52. The Hall–Kier alpha value is -3.73. The Morgan fingerprint density at radius 1 is 0.962 bits per heavy atom. The third-order valence-electron chi connectivity index (χ3n) is 3.88. The number of hydrogen-bond donors (Lipinski definition) is 0. The second-order valence-corrected chi connectivity index (χ2v) is 5.63. The van der Waals surface area contributed by atoms with Crippen LogP contribution in [-0.4, -0.2) is 11.0 Å². The molecular weight excluding hydrogens is 330 g/mol. The number of hydrogen-bond acceptors (Lipinski definition) is 5. The molecule has 0 aliphatic heterocycles. The highest BCUT2D eigenvalue weighted by molar-refractivity contribution is 5.90. The maximum atomic E-state index is 12.2. The number of carbonyl (C=O) groups is 1. The smallest absolute Gasteiger partial charge is 0.345 e. The number of ether oxygens (including phenoxy) is 1. The summed E-state index contributed by atoms with van der Waals surface area (Å²) in [5, 5.41) is 0.540. The molecule has 0 saturated heterocycles. The summed E-state index contributed by atoms with van der Waals surface area (Å²) in [6.07, 6.45) is 3.03. The summed E-state index contributed by atoms with van der Waals surface area (Å²) < 4.78 is 11.1. The number of aromatic nitrogens is 1. The largest absolute Gasteiger partial charge is 0.456 e. The van der Waals surface area contributed by atoms with Crippen molar-refractivity contribution in [3.05, 3.63) is 94.9 Å². The molecule has 26 heavy (non-hydrogen) atoms. The normalized spacial score (nSPS) is 10.6. The van der Waals surface area contributed by atoms with Gasteiger partial charge >= 0.3 is 5.97 Å². The number of para-hydroxylation sites is 1. The molecule has 0 amide bonds. The van der Waals surface area contributed by atoms with Crippen molar-refractivity contribution in [1.29, 1.82) is 0 Å². The number of esters is 1. The lowest BCUT2D eigenvalue weighted by molar-refractivity contribution is 0.0734. The standard InChI is InChI=1S/C21H13NO4/c23-18-12-20(26-19-6-2-1-5-17(18)19)14-7-9-16(10-8-14)25-21(24)15-4-3-11-22-13-15/h1-13H. The first-order valence-electron chi connectivity index (χ1n) is 7.96. The van der Waals surface area contributed by atoms with Gasteiger partial charge in [-0.3, -0.25) is 9.78 Å². The summed E-state index contributed by atoms with van der Waals surface area (Å²) in [6, 6.07) is 18.6. The van der Waals surface area contributed by atoms with E-state index in [4.69, 9.17) is 9.15 Å². The summed E-state index contributed by atoms with van der Waals surface area (Å²) in [7, 11) is 0. The van der Waals surface area contributed by atoms with E-state index >= 15 is 0 Å². The van der Waals surface area contributed by atoms with Crippen LogP contribution >= 0.6 is 0 Å². The Balaban J connectivity index is 1.60. The molecule has 0 unspecified atom stereocenters. The van der Waals surface area contributed by atoms with Crippen molar-refractivity contribution in [3.63, 3.8) is 0 Å². The number of nitrogens with zero attached hydrogens (tertiary/aromatic N) is 1. The minimum Gasteiger partial charge on any atom is -0.456 e. The molecule has 0 atom stereocenters. The van der Waals surface area contributed by atoms with E-state index in [1.54, 1.807) is 60.8 Å². The van der Waals surface area contributed by atoms with Gasteiger partial charge in [0.15, 0.2) is 5.43 Å². The lowest BCUT2D eigenvalue weighted by atomic mass is 10.1. The Labute approximate surface area is 148 Å². The van der Waals surface area contributed by atoms with Gasteiger partial charge in [0.25, 0.3) is 0 Å². The van der Waals surface area contributed by atoms with E-state index in [1.807, 2.05) is 6.07 Å². The number of carbonyl (C=O) groups excluding carboxylic acids is 1. The summed E-state index contributed by atoms with van der Waals surface area (Å²) in [5.74, 6) is 0.368. The fraction of sp³-hybridized carbons (Fsp3) is 0. The molecule has 0 aliphatic rings. The van der Waals surface area contributed by atoms with E-state index in [9.17, 15) is 9.59 Å². The molecule has 0 aliphatic carbocycles. The lowest BCUT2D eigenvalue weighted by Gasteiger charge is -2.06. The van der Waals surface area contributed by atoms with Gasteiger partial charge < -0.3 is 9.15 Å². The molecule has 2 aromatic heterocycles. The first-order chi connectivity index (χ1) is 12.7. The van der Waals surface area contributed by atoms with Crippen molar-refractivity contribution in [1.82, 2.24) is 4.98 Å². The van der Waals surface area contributed by atoms with Gasteiger partial charge in [-0.15, -0.1) is 0 Å². The number of rotatable bonds is 3. The van der Waals surface area contributed by atoms with Gasteiger partial charge in [-0.25, -0.2) is 4.79 Å². The molecule has 126 valence electrons. The van der Waals surface area contributed by atoms with Crippen molar-refractivity contribution in [2.75, 3.05) is 0 Å². The van der Waals surface area contributed by atoms with Crippen LogP contribution in [0.15, 0.2) is 88.3 Å². The van der Waals surface area contributed by atoms with Crippen molar-refractivity contribution >= 4 is 16.9 Å². The van der Waals surface area contributed by atoms with Gasteiger partial charge in [-0.2, -0.15) is 0 Å². The van der Waals surface area contributed by atoms with E-state index in [2.05, 4.69) is 4.98 Å². The van der Waals surface area contributed by atoms with E-state index in [-0.39, 0.29) is 5.43 Å². The second kappa shape index (κ2) is 6.64. The maximum Gasteiger partial charge on any atom is 0.345 e. The predicted molar refractivity (Wildman–Crippen MR) is 97.1 cm³/mol. The van der Waals surface area contributed by atoms with Crippen LogP contribution in [0.3, 0.4) is 0 Å². The Kier molecular flexibility index (Phi) is 4.03. The van der Waals surface area contributed by atoms with Crippen molar-refractivity contribution < 1.29 is 13.9 Å². The Bertz CT molecular complexity index is 1130. The van der Waals surface area contributed by atoms with Crippen LogP contribution in [0.1, 0.15) is 10.4 Å². The van der Waals surface area contributed by atoms with Gasteiger partial charge in [0.2, 0.25) is 0 Å². The van der Waals surface area contributed by atoms with Gasteiger partial charge in [-0.1, -0.05) is 12.1 Å². The third-order valence-corrected chi connectivity index (χ3v) is 3.88. The van der Waals surface area contributed by atoms with Crippen LogP contribution in [-0.2, 0) is 0 Å². The van der Waals surface area contributed by atoms with Gasteiger partial charge in [0, 0.05) is 24.0 Å². The van der Waals surface area contributed by atoms with E-state index < -0.39 is 5.97 Å². The molecule has 0 saturated carbocycles. The first-order valence-corrected chi connectivity index (χ1v) is 7.96. The third kappa shape index (κ3) is 3.10. The first kappa shape index (κ1) is 15.8. The van der Waals surface area contributed by atoms with Crippen LogP contribution in [0.4, 0.5) is 0 Å². The molecule has 0 radical (unpaired) electrons. The molecule has 5 nitrogen and oxygen atoms in total. The molecule has 0 N–H and O–H groups in total. The highest BCUT2D eigenvalue weighted by Gasteiger charge is 2.10. The van der Waals surface area contributed by atoms with E-state index in [0.717, 1.165) is 0 Å². The fourth-order valence-corrected chi connectivity index (χ4v) is 2.58. The molecule has 0 spiro atoms. The number of fused-ring (bicyclic) bond motifs is 1. The summed E-state index contributed by atoms with van der Waals surface area (Å²) >= 11 is 0. The van der Waals surface area contributed by atoms with Gasteiger partial charge in [0.1, 0.15) is 17.1 Å². The highest BCUT2D eigenvalue weighted by atomic mass is 16.5. The zero-order chi connectivity index (χ0) is 17.9. The van der Waals surface area contributed by atoms with Crippen LogP contribution in [0.25, 0.3) is 22.3 Å². The predicted octanol–water partition coefficient (Wildman–Crippen LogP) is 4.07. The van der Waals surface area contributed by atoms with E-state index in [0.29, 0.717) is 33.6 Å². The Morgan fingerprint density at radius 3 is 2.54 bits per heavy atom. The number of pyridine rings is 1. The maximum absolute atomic E-state index is 12.2. The molecule has 0 fully saturated rings. The van der Waals surface area contributed by atoms with Crippen molar-refractivity contribution in [2.45, 2.75) is 0 Å². The average Bonchev–Trinajstić information content (AvgIpc) is 2.69. The topological polar surface area (TPSA) is 69.4 Å². The minimum atomic E-state index is -0.483. The lowest BCUT2D eigenvalue weighted by Crippen LogP contribution is -2.08. The zero-order valence-electron chi connectivity index (χ0n) is 13.6. The molecule has 4 rings (SSSR count). The molecule has 4 aromatic rings. The quantitative estimate of drug-likeness (QED) is 0.414. The zero-order valence-corrected chi connectivity index (χ0v) is 13.6. The SMILES string of the molecule is O=C(Oc1ccc(-c2cc(=O)c3ccccc3o2)cc1)c1cccnc1. The van der Waals surface area contributed by atoms with Crippen molar-refractivity contribution in [3.8, 4) is 17.1 Å². The van der Waals surface area contributed by atoms with Crippen LogP contribution in [0.5, 0.6) is 5.75 Å². The summed E-state index contributed by atoms with van der Waals surface area (Å²) in [4.78, 5) is 28.1. The minimum absolute atomic E-state index is 0.103. The molecule has 5 heteroatoms. The number of benzene rings is 2. The van der Waals surface area contributed by atoms with Crippen molar-refractivity contribution in [2.24, 2.45) is 0 Å². The van der Waals surface area contributed by atoms with Gasteiger partial charge in [0.05, 0.1) is 10.9 Å². The van der Waals surface area contributed by atoms with Gasteiger partial charge in [-0.05, 0) is 48.5 Å². The monoisotopic (exact) mass is 343 g/mol. The molecule has 2 heterocycles. The molecule has 0 bridgehead atoms. The van der Waals surface area contributed by atoms with Crippen LogP contribution in [0, 0.1) is 0 Å². The summed E-state index contributed by atoms with van der Waals surface area (Å²) in [6.45, 7) is 0. The second-order valence-electron chi connectivity index (χ2n) is 5.63. The highest BCUT2D eigenvalue weighted by Crippen LogP contribution is 2.24. The molecule has 2 aromatic carbocycles. The van der Waals surface area contributed by atoms with Crippen LogP contribution in [0.2, 0.25) is 0 Å². The fourth-order valence-electron chi connectivity index (χ4n) is 2.58. The Morgan fingerprint density at radius 2 is 1.77 bits per heavy atom. The van der Waals surface area contributed by atoms with E-state index in [1.165, 1.54) is 12.3 Å². The molecular formula is C21H13NO4. The van der Waals surface area contributed by atoms with Crippen LogP contribution < -0.4 is 10.2 Å². The average molecular weight is 343 g/mol.